The van der Waals surface area contributed by atoms with E-state index in [0.29, 0.717) is 0 Å². The van der Waals surface area contributed by atoms with Crippen LogP contribution < -0.4 is 9.62 Å². The number of anilines is 1. The second-order valence-electron chi connectivity index (χ2n) is 7.16. The topological polar surface area (TPSA) is 110 Å². The fourth-order valence-electron chi connectivity index (χ4n) is 3.75. The van der Waals surface area contributed by atoms with Gasteiger partial charge in [-0.25, -0.2) is 8.42 Å². The molecule has 29 heavy (non-hydrogen) atoms. The van der Waals surface area contributed by atoms with Gasteiger partial charge in [-0.3, -0.25) is 19.2 Å². The van der Waals surface area contributed by atoms with Crippen molar-refractivity contribution in [2.24, 2.45) is 0 Å². The summed E-state index contributed by atoms with van der Waals surface area (Å²) in [4.78, 5) is 23.4. The summed E-state index contributed by atoms with van der Waals surface area (Å²) in [5.41, 5.74) is 2.05. The molecule has 1 amide bonds. The van der Waals surface area contributed by atoms with E-state index in [4.69, 9.17) is 0 Å². The maximum atomic E-state index is 13.0. The van der Waals surface area contributed by atoms with E-state index in [2.05, 4.69) is 5.32 Å². The quantitative estimate of drug-likeness (QED) is 0.574. The summed E-state index contributed by atoms with van der Waals surface area (Å²) in [7, 11) is -3.86. The summed E-state index contributed by atoms with van der Waals surface area (Å²) in [6.07, 6.45) is 3.62. The molecule has 2 aromatic rings. The predicted molar refractivity (Wildman–Crippen MR) is 110 cm³/mol. The molecule has 3 rings (SSSR count). The van der Waals surface area contributed by atoms with Gasteiger partial charge >= 0.3 is 0 Å². The minimum Gasteiger partial charge on any atom is -0.347 e. The Labute approximate surface area is 169 Å². The fourth-order valence-corrected chi connectivity index (χ4v) is 4.92. The summed E-state index contributed by atoms with van der Waals surface area (Å²) in [6.45, 7) is 1.48. The first-order valence-corrected chi connectivity index (χ1v) is 11.2. The average molecular weight is 417 g/mol. The summed E-state index contributed by atoms with van der Waals surface area (Å²) < 4.78 is 25.8. The maximum Gasteiger partial charge on any atom is 0.271 e. The normalized spacial score (nSPS) is 17.1. The number of hydrogen-bond acceptors (Lipinski definition) is 5. The van der Waals surface area contributed by atoms with Crippen LogP contribution in [0.4, 0.5) is 11.4 Å². The van der Waals surface area contributed by atoms with E-state index >= 15 is 0 Å². The summed E-state index contributed by atoms with van der Waals surface area (Å²) in [6, 6.07) is 11.9. The molecule has 2 atom stereocenters. The van der Waals surface area contributed by atoms with Crippen molar-refractivity contribution in [3.05, 3.63) is 69.8 Å². The fraction of sp³-hybridized carbons (Fsp3) is 0.350. The number of nitrogens with zero attached hydrogens (tertiary/aromatic N) is 2. The molecule has 0 radical (unpaired) electrons. The Kier molecular flexibility index (Phi) is 5.88. The summed E-state index contributed by atoms with van der Waals surface area (Å²) >= 11 is 0. The van der Waals surface area contributed by atoms with Crippen LogP contribution in [-0.4, -0.2) is 31.5 Å². The first-order chi connectivity index (χ1) is 13.7. The molecule has 0 saturated heterocycles. The highest BCUT2D eigenvalue weighted by atomic mass is 32.2. The van der Waals surface area contributed by atoms with E-state index in [1.54, 1.807) is 0 Å². The predicted octanol–water partition coefficient (Wildman–Crippen LogP) is 2.94. The highest BCUT2D eigenvalue weighted by Gasteiger charge is 2.32. The zero-order chi connectivity index (χ0) is 21.2. The number of fused-ring (bicyclic) bond motifs is 1. The first kappa shape index (κ1) is 20.8. The molecule has 154 valence electrons. The van der Waals surface area contributed by atoms with Gasteiger partial charge in [0.05, 0.1) is 22.9 Å². The van der Waals surface area contributed by atoms with E-state index < -0.39 is 26.9 Å². The number of carbonyl (C=O) groups excluding carboxylic acids is 1. The number of nitrogens with one attached hydrogen (secondary N) is 1. The Balaban J connectivity index is 1.88. The van der Waals surface area contributed by atoms with Crippen LogP contribution in [0.15, 0.2) is 48.5 Å². The van der Waals surface area contributed by atoms with Gasteiger partial charge in [-0.1, -0.05) is 30.3 Å². The first-order valence-electron chi connectivity index (χ1n) is 9.30. The zero-order valence-corrected chi connectivity index (χ0v) is 17.1. The number of amides is 1. The number of nitro benzene ring substituents is 1. The van der Waals surface area contributed by atoms with Gasteiger partial charge in [-0.2, -0.15) is 0 Å². The number of carbonyl (C=O) groups is 1. The largest absolute Gasteiger partial charge is 0.347 e. The van der Waals surface area contributed by atoms with Gasteiger partial charge in [0.2, 0.25) is 15.9 Å². The Morgan fingerprint density at radius 3 is 2.66 bits per heavy atom. The van der Waals surface area contributed by atoms with Crippen LogP contribution in [-0.2, 0) is 21.2 Å². The Morgan fingerprint density at radius 2 is 1.97 bits per heavy atom. The average Bonchev–Trinajstić information content (AvgIpc) is 2.67. The van der Waals surface area contributed by atoms with Crippen molar-refractivity contribution in [3.63, 3.8) is 0 Å². The van der Waals surface area contributed by atoms with Crippen molar-refractivity contribution in [3.8, 4) is 0 Å². The van der Waals surface area contributed by atoms with Gasteiger partial charge in [-0.15, -0.1) is 0 Å². The molecule has 0 unspecified atom stereocenters. The van der Waals surface area contributed by atoms with Crippen LogP contribution >= 0.6 is 0 Å². The molecule has 0 saturated carbocycles. The van der Waals surface area contributed by atoms with Gasteiger partial charge in [0, 0.05) is 12.1 Å². The van der Waals surface area contributed by atoms with E-state index in [-0.39, 0.29) is 17.4 Å². The third-order valence-corrected chi connectivity index (χ3v) is 6.31. The van der Waals surface area contributed by atoms with Crippen molar-refractivity contribution < 1.29 is 18.1 Å². The van der Waals surface area contributed by atoms with Gasteiger partial charge in [-0.05, 0) is 43.4 Å². The van der Waals surface area contributed by atoms with Crippen LogP contribution in [0.3, 0.4) is 0 Å². The van der Waals surface area contributed by atoms with Crippen LogP contribution in [0.25, 0.3) is 0 Å². The number of rotatable bonds is 6. The molecule has 0 aliphatic heterocycles. The third-order valence-electron chi connectivity index (χ3n) is 5.07. The van der Waals surface area contributed by atoms with Crippen molar-refractivity contribution in [2.45, 2.75) is 38.3 Å². The van der Waals surface area contributed by atoms with Gasteiger partial charge < -0.3 is 5.32 Å². The highest BCUT2D eigenvalue weighted by Crippen LogP contribution is 2.30. The Bertz CT molecular complexity index is 1040. The second kappa shape index (κ2) is 8.20. The van der Waals surface area contributed by atoms with Gasteiger partial charge in [0.25, 0.3) is 5.69 Å². The van der Waals surface area contributed by atoms with Crippen molar-refractivity contribution in [2.75, 3.05) is 10.6 Å². The molecule has 0 bridgehead atoms. The number of sulfonamides is 1. The second-order valence-corrected chi connectivity index (χ2v) is 9.02. The molecule has 0 fully saturated rings. The lowest BCUT2D eigenvalue weighted by atomic mass is 9.87. The number of nitro groups is 1. The van der Waals surface area contributed by atoms with Crippen LogP contribution in [0.2, 0.25) is 0 Å². The lowest BCUT2D eigenvalue weighted by Gasteiger charge is -2.31. The highest BCUT2D eigenvalue weighted by molar-refractivity contribution is 7.92. The maximum absolute atomic E-state index is 13.0. The molecular weight excluding hydrogens is 394 g/mol. The van der Waals surface area contributed by atoms with Crippen LogP contribution in [0, 0.1) is 10.1 Å². The minimum absolute atomic E-state index is 0.0772. The van der Waals surface area contributed by atoms with E-state index in [1.807, 2.05) is 24.3 Å². The smallest absolute Gasteiger partial charge is 0.271 e. The molecule has 1 N–H and O–H groups in total. The van der Waals surface area contributed by atoms with Crippen LogP contribution in [0.1, 0.15) is 36.9 Å². The SMILES string of the molecule is C[C@@H](C(=O)N[C@H]1CCCc2ccccc21)N(c1cccc([N+](=O)[O-])c1)S(C)(=O)=O. The Hall–Kier alpha value is -2.94. The molecular formula is C20H23N3O5S. The molecule has 8 nitrogen and oxygen atoms in total. The molecule has 1 aliphatic carbocycles. The van der Waals surface area contributed by atoms with Gasteiger partial charge in [0.1, 0.15) is 6.04 Å². The lowest BCUT2D eigenvalue weighted by molar-refractivity contribution is -0.384. The van der Waals surface area contributed by atoms with E-state index in [1.165, 1.54) is 30.7 Å². The number of non-ortho nitro benzene ring substituents is 1. The minimum atomic E-state index is -3.86. The molecule has 2 aromatic carbocycles. The molecule has 0 heterocycles. The van der Waals surface area contributed by atoms with E-state index in [0.717, 1.165) is 41.5 Å². The lowest BCUT2D eigenvalue weighted by Crippen LogP contribution is -2.49. The standard InChI is InChI=1S/C20H23N3O5S/c1-14(20(24)21-19-12-5-8-15-7-3-4-11-18(15)19)22(29(2,27)28)16-9-6-10-17(13-16)23(25)26/h3-4,6-7,9-11,13-14,19H,5,8,12H2,1-2H3,(H,21,24)/t14-,19-/m0/s1. The monoisotopic (exact) mass is 417 g/mol. The molecule has 0 spiro atoms. The number of aryl methyl sites for hydroxylation is 1. The van der Waals surface area contributed by atoms with E-state index in [9.17, 15) is 23.3 Å². The molecule has 9 heteroatoms. The van der Waals surface area contributed by atoms with Crippen molar-refractivity contribution in [1.29, 1.82) is 0 Å². The van der Waals surface area contributed by atoms with Crippen molar-refractivity contribution in [1.82, 2.24) is 5.32 Å². The molecule has 1 aliphatic rings. The number of hydrogen-bond donors (Lipinski definition) is 1. The van der Waals surface area contributed by atoms with Crippen molar-refractivity contribution >= 4 is 27.3 Å². The van der Waals surface area contributed by atoms with Gasteiger partial charge in [0.15, 0.2) is 0 Å². The third kappa shape index (κ3) is 4.56. The zero-order valence-electron chi connectivity index (χ0n) is 16.2. The molecule has 0 aromatic heterocycles. The summed E-state index contributed by atoms with van der Waals surface area (Å²) in [5.74, 6) is -0.455. The Morgan fingerprint density at radius 1 is 1.24 bits per heavy atom. The number of benzene rings is 2. The van der Waals surface area contributed by atoms with Crippen LogP contribution in [0.5, 0.6) is 0 Å². The summed E-state index contributed by atoms with van der Waals surface area (Å²) in [5, 5.41) is 14.0.